The third kappa shape index (κ3) is 4.13. The van der Waals surface area contributed by atoms with E-state index in [1.54, 1.807) is 48.5 Å². The molecule has 3 aromatic carbocycles. The summed E-state index contributed by atoms with van der Waals surface area (Å²) in [5.74, 6) is -1.93. The molecular formula is C23H17F2N3O3. The SMILES string of the molecule is COc1cccc(NC(=O)Cn2nc(-c3ccc(F)c(F)c3)c3ccccc3c2=O)c1. The van der Waals surface area contributed by atoms with Gasteiger partial charge in [0.2, 0.25) is 5.91 Å². The maximum Gasteiger partial charge on any atom is 0.275 e. The molecule has 1 amide bonds. The fourth-order valence-electron chi connectivity index (χ4n) is 3.24. The highest BCUT2D eigenvalue weighted by Gasteiger charge is 2.16. The van der Waals surface area contributed by atoms with Gasteiger partial charge < -0.3 is 10.1 Å². The molecule has 0 spiro atoms. The Labute approximate surface area is 175 Å². The van der Waals surface area contributed by atoms with Crippen LogP contribution in [-0.4, -0.2) is 22.8 Å². The van der Waals surface area contributed by atoms with Crippen molar-refractivity contribution in [1.82, 2.24) is 9.78 Å². The molecule has 4 aromatic rings. The zero-order valence-electron chi connectivity index (χ0n) is 16.4. The Morgan fingerprint density at radius 3 is 2.52 bits per heavy atom. The molecule has 0 aliphatic rings. The van der Waals surface area contributed by atoms with Crippen LogP contribution in [-0.2, 0) is 11.3 Å². The number of nitrogens with one attached hydrogen (secondary N) is 1. The molecule has 4 rings (SSSR count). The summed E-state index contributed by atoms with van der Waals surface area (Å²) >= 11 is 0. The molecule has 31 heavy (non-hydrogen) atoms. The van der Waals surface area contributed by atoms with Crippen molar-refractivity contribution in [1.29, 1.82) is 0 Å². The molecular weight excluding hydrogens is 404 g/mol. The van der Waals surface area contributed by atoms with Crippen LogP contribution >= 0.6 is 0 Å². The first-order valence-corrected chi connectivity index (χ1v) is 9.35. The van der Waals surface area contributed by atoms with E-state index in [4.69, 9.17) is 4.74 Å². The first kappa shape index (κ1) is 20.2. The molecule has 1 N–H and O–H groups in total. The standard InChI is InChI=1S/C23H17F2N3O3/c1-31-16-6-4-5-15(12-16)26-21(29)13-28-23(30)18-8-3-2-7-17(18)22(27-28)14-9-10-19(24)20(25)11-14/h2-12H,13H2,1H3,(H,26,29). The van der Waals surface area contributed by atoms with E-state index in [9.17, 15) is 18.4 Å². The number of carbonyl (C=O) groups excluding carboxylic acids is 1. The minimum atomic E-state index is -1.03. The maximum absolute atomic E-state index is 13.8. The number of fused-ring (bicyclic) bond motifs is 1. The number of aromatic nitrogens is 2. The number of methoxy groups -OCH3 is 1. The number of nitrogens with zero attached hydrogens (tertiary/aromatic N) is 2. The predicted molar refractivity (Wildman–Crippen MR) is 113 cm³/mol. The van der Waals surface area contributed by atoms with Crippen LogP contribution in [0.5, 0.6) is 5.75 Å². The summed E-state index contributed by atoms with van der Waals surface area (Å²) in [5.41, 5.74) is 0.585. The van der Waals surface area contributed by atoms with Gasteiger partial charge in [-0.25, -0.2) is 13.5 Å². The number of ether oxygens (including phenoxy) is 1. The Hall–Kier alpha value is -4.07. The van der Waals surface area contributed by atoms with Gasteiger partial charge in [0, 0.05) is 22.7 Å². The Morgan fingerprint density at radius 1 is 1.00 bits per heavy atom. The average Bonchev–Trinajstić information content (AvgIpc) is 2.78. The molecule has 0 bridgehead atoms. The lowest BCUT2D eigenvalue weighted by Gasteiger charge is -2.12. The Morgan fingerprint density at radius 2 is 1.77 bits per heavy atom. The van der Waals surface area contributed by atoms with Gasteiger partial charge in [-0.05, 0) is 36.4 Å². The Balaban J connectivity index is 1.74. The van der Waals surface area contributed by atoms with Crippen molar-refractivity contribution in [2.45, 2.75) is 6.54 Å². The van der Waals surface area contributed by atoms with Crippen LogP contribution in [0.15, 0.2) is 71.5 Å². The van der Waals surface area contributed by atoms with E-state index < -0.39 is 23.1 Å². The van der Waals surface area contributed by atoms with Crippen LogP contribution < -0.4 is 15.6 Å². The van der Waals surface area contributed by atoms with E-state index >= 15 is 0 Å². The van der Waals surface area contributed by atoms with Crippen LogP contribution in [0.2, 0.25) is 0 Å². The zero-order valence-corrected chi connectivity index (χ0v) is 16.4. The van der Waals surface area contributed by atoms with Gasteiger partial charge in [-0.3, -0.25) is 9.59 Å². The predicted octanol–water partition coefficient (Wildman–Crippen LogP) is 3.99. The second-order valence-corrected chi connectivity index (χ2v) is 6.77. The normalized spacial score (nSPS) is 10.8. The van der Waals surface area contributed by atoms with Gasteiger partial charge in [0.1, 0.15) is 12.3 Å². The van der Waals surface area contributed by atoms with Crippen LogP contribution in [0.1, 0.15) is 0 Å². The lowest BCUT2D eigenvalue weighted by Crippen LogP contribution is -2.30. The number of rotatable bonds is 5. The molecule has 0 unspecified atom stereocenters. The van der Waals surface area contributed by atoms with Crippen molar-refractivity contribution < 1.29 is 18.3 Å². The third-order valence-corrected chi connectivity index (χ3v) is 4.71. The topological polar surface area (TPSA) is 73.2 Å². The molecule has 1 heterocycles. The zero-order chi connectivity index (χ0) is 22.0. The summed E-state index contributed by atoms with van der Waals surface area (Å²) in [6.07, 6.45) is 0. The maximum atomic E-state index is 13.8. The molecule has 0 radical (unpaired) electrons. The minimum Gasteiger partial charge on any atom is -0.497 e. The van der Waals surface area contributed by atoms with Gasteiger partial charge in [-0.15, -0.1) is 0 Å². The molecule has 6 nitrogen and oxygen atoms in total. The molecule has 0 aliphatic carbocycles. The highest BCUT2D eigenvalue weighted by atomic mass is 19.2. The number of anilines is 1. The van der Waals surface area contributed by atoms with Gasteiger partial charge in [0.05, 0.1) is 18.2 Å². The second-order valence-electron chi connectivity index (χ2n) is 6.77. The first-order valence-electron chi connectivity index (χ1n) is 9.35. The van der Waals surface area contributed by atoms with Crippen LogP contribution in [0.25, 0.3) is 22.0 Å². The van der Waals surface area contributed by atoms with E-state index in [0.717, 1.165) is 16.8 Å². The van der Waals surface area contributed by atoms with Crippen molar-refractivity contribution in [3.05, 3.63) is 88.7 Å². The quantitative estimate of drug-likeness (QED) is 0.529. The van der Waals surface area contributed by atoms with Crippen molar-refractivity contribution in [2.24, 2.45) is 0 Å². The molecule has 0 saturated carbocycles. The van der Waals surface area contributed by atoms with Crippen molar-refractivity contribution in [3.63, 3.8) is 0 Å². The highest BCUT2D eigenvalue weighted by Crippen LogP contribution is 2.26. The fraction of sp³-hybridized carbons (Fsp3) is 0.0870. The average molecular weight is 421 g/mol. The number of hydrogen-bond acceptors (Lipinski definition) is 4. The molecule has 0 saturated heterocycles. The summed E-state index contributed by atoms with van der Waals surface area (Å²) in [4.78, 5) is 25.4. The second kappa shape index (κ2) is 8.35. The van der Waals surface area contributed by atoms with E-state index in [-0.39, 0.29) is 17.8 Å². The third-order valence-electron chi connectivity index (χ3n) is 4.71. The molecule has 0 atom stereocenters. The number of halogens is 2. The lowest BCUT2D eigenvalue weighted by molar-refractivity contribution is -0.117. The lowest BCUT2D eigenvalue weighted by atomic mass is 10.0. The molecule has 8 heteroatoms. The van der Waals surface area contributed by atoms with E-state index in [1.165, 1.54) is 13.2 Å². The van der Waals surface area contributed by atoms with Gasteiger partial charge in [0.25, 0.3) is 5.56 Å². The molecule has 156 valence electrons. The summed E-state index contributed by atoms with van der Waals surface area (Å²) in [5, 5.41) is 7.76. The first-order chi connectivity index (χ1) is 15.0. The largest absolute Gasteiger partial charge is 0.497 e. The van der Waals surface area contributed by atoms with E-state index in [1.807, 2.05) is 0 Å². The number of benzene rings is 3. The monoisotopic (exact) mass is 421 g/mol. The number of amides is 1. The van der Waals surface area contributed by atoms with Crippen molar-refractivity contribution in [3.8, 4) is 17.0 Å². The van der Waals surface area contributed by atoms with Gasteiger partial charge in [-0.2, -0.15) is 5.10 Å². The van der Waals surface area contributed by atoms with Gasteiger partial charge in [0.15, 0.2) is 11.6 Å². The van der Waals surface area contributed by atoms with Crippen molar-refractivity contribution in [2.75, 3.05) is 12.4 Å². The fourth-order valence-corrected chi connectivity index (χ4v) is 3.24. The smallest absolute Gasteiger partial charge is 0.275 e. The highest BCUT2D eigenvalue weighted by molar-refractivity contribution is 5.94. The van der Waals surface area contributed by atoms with Crippen LogP contribution in [0.3, 0.4) is 0 Å². The van der Waals surface area contributed by atoms with E-state index in [0.29, 0.717) is 22.2 Å². The summed E-state index contributed by atoms with van der Waals surface area (Å²) in [6, 6.07) is 16.8. The molecule has 0 fully saturated rings. The van der Waals surface area contributed by atoms with Gasteiger partial charge in [-0.1, -0.05) is 24.3 Å². The van der Waals surface area contributed by atoms with Gasteiger partial charge >= 0.3 is 0 Å². The molecule has 0 aliphatic heterocycles. The number of hydrogen-bond donors (Lipinski definition) is 1. The van der Waals surface area contributed by atoms with E-state index in [2.05, 4.69) is 10.4 Å². The number of carbonyl (C=O) groups is 1. The minimum absolute atomic E-state index is 0.267. The summed E-state index contributed by atoms with van der Waals surface area (Å²) in [6.45, 7) is -0.364. The van der Waals surface area contributed by atoms with Crippen molar-refractivity contribution >= 4 is 22.4 Å². The van der Waals surface area contributed by atoms with Crippen LogP contribution in [0.4, 0.5) is 14.5 Å². The summed E-state index contributed by atoms with van der Waals surface area (Å²) < 4.78 is 33.3. The molecule has 1 aromatic heterocycles. The Kier molecular flexibility index (Phi) is 5.44. The summed E-state index contributed by atoms with van der Waals surface area (Å²) in [7, 11) is 1.51. The van der Waals surface area contributed by atoms with Crippen LogP contribution in [0, 0.1) is 11.6 Å². The Bertz CT molecular complexity index is 1350.